The maximum Gasteiger partial charge on any atom is 0.404 e. The van der Waals surface area contributed by atoms with E-state index in [9.17, 15) is 24.5 Å². The smallest absolute Gasteiger partial charge is 0.404 e. The maximum absolute atomic E-state index is 11.9. The molecule has 0 unspecified atom stereocenters. The lowest BCUT2D eigenvalue weighted by Gasteiger charge is -2.11. The number of non-ortho nitro benzene ring substituents is 1. The molecule has 0 aromatic heterocycles. The molecule has 1 aromatic carbocycles. The summed E-state index contributed by atoms with van der Waals surface area (Å²) >= 11 is 1.22. The lowest BCUT2D eigenvalue weighted by Crippen LogP contribution is -2.15. The molecule has 0 saturated heterocycles. The normalized spacial score (nSPS) is 10.1. The predicted octanol–water partition coefficient (Wildman–Crippen LogP) is 1.98. The molecule has 25 heavy (non-hydrogen) atoms. The molecule has 0 heterocycles. The second kappa shape index (κ2) is 10.1. The number of carbonyl (C=O) groups is 3. The highest BCUT2D eigenvalue weighted by atomic mass is 32.2. The molecule has 0 saturated carbocycles. The summed E-state index contributed by atoms with van der Waals surface area (Å²) in [5, 5.41) is 22.0. The summed E-state index contributed by atoms with van der Waals surface area (Å²) in [6, 6.07) is 3.98. The standard InChI is InChI=1S/C14H17N3O7S/c15-14(21)24-6-7-25-11-5-4-9(17(22)23)8-10(11)16-12(18)2-1-3-13(19)20/h4-5,8H,1-3,6-7H2,(H2,15,21)(H,16,18)(H,19,20). The summed E-state index contributed by atoms with van der Waals surface area (Å²) < 4.78 is 4.59. The Morgan fingerprint density at radius 1 is 1.32 bits per heavy atom. The summed E-state index contributed by atoms with van der Waals surface area (Å²) in [5.41, 5.74) is 4.88. The first-order valence-corrected chi connectivity index (χ1v) is 8.13. The van der Waals surface area contributed by atoms with Crippen molar-refractivity contribution in [3.63, 3.8) is 0 Å². The van der Waals surface area contributed by atoms with Gasteiger partial charge >= 0.3 is 12.1 Å². The van der Waals surface area contributed by atoms with Gasteiger partial charge in [0.1, 0.15) is 6.61 Å². The topological polar surface area (TPSA) is 162 Å². The number of nitrogens with two attached hydrogens (primary N) is 1. The molecular weight excluding hydrogens is 354 g/mol. The molecule has 0 atom stereocenters. The van der Waals surface area contributed by atoms with E-state index >= 15 is 0 Å². The summed E-state index contributed by atoms with van der Waals surface area (Å²) in [6.07, 6.45) is -0.917. The molecule has 0 aliphatic heterocycles. The van der Waals surface area contributed by atoms with Gasteiger partial charge < -0.3 is 20.9 Å². The number of anilines is 1. The number of carbonyl (C=O) groups excluding carboxylic acids is 2. The van der Waals surface area contributed by atoms with Crippen LogP contribution in [0.3, 0.4) is 0 Å². The molecule has 1 aromatic rings. The zero-order valence-electron chi connectivity index (χ0n) is 13.1. The number of amides is 2. The Morgan fingerprint density at radius 3 is 2.64 bits per heavy atom. The number of hydrogen-bond donors (Lipinski definition) is 3. The number of carboxylic acid groups (broad SMARTS) is 1. The van der Waals surface area contributed by atoms with Gasteiger partial charge in [-0.25, -0.2) is 4.79 Å². The summed E-state index contributed by atoms with van der Waals surface area (Å²) in [5.74, 6) is -1.12. The first kappa shape index (κ1) is 20.2. The Morgan fingerprint density at radius 2 is 2.04 bits per heavy atom. The highest BCUT2D eigenvalue weighted by Crippen LogP contribution is 2.31. The van der Waals surface area contributed by atoms with E-state index < -0.39 is 22.9 Å². The van der Waals surface area contributed by atoms with Gasteiger partial charge in [0.05, 0.1) is 10.6 Å². The lowest BCUT2D eigenvalue weighted by atomic mass is 10.2. The van der Waals surface area contributed by atoms with Crippen LogP contribution in [0, 0.1) is 10.1 Å². The number of rotatable bonds is 10. The molecule has 0 spiro atoms. The first-order chi connectivity index (χ1) is 11.8. The second-order valence-corrected chi connectivity index (χ2v) is 5.89. The third kappa shape index (κ3) is 8.01. The van der Waals surface area contributed by atoms with Crippen molar-refractivity contribution in [1.29, 1.82) is 0 Å². The fourth-order valence-electron chi connectivity index (χ4n) is 1.76. The van der Waals surface area contributed by atoms with E-state index in [-0.39, 0.29) is 37.2 Å². The fraction of sp³-hybridized carbons (Fsp3) is 0.357. The average molecular weight is 371 g/mol. The van der Waals surface area contributed by atoms with Crippen molar-refractivity contribution in [1.82, 2.24) is 0 Å². The van der Waals surface area contributed by atoms with Gasteiger partial charge in [0.2, 0.25) is 5.91 Å². The summed E-state index contributed by atoms with van der Waals surface area (Å²) in [6.45, 7) is 0.0446. The van der Waals surface area contributed by atoms with E-state index in [0.717, 1.165) is 0 Å². The number of aliphatic carboxylic acids is 1. The van der Waals surface area contributed by atoms with Crippen LogP contribution in [0.1, 0.15) is 19.3 Å². The highest BCUT2D eigenvalue weighted by molar-refractivity contribution is 7.99. The van der Waals surface area contributed by atoms with Gasteiger partial charge in [-0.1, -0.05) is 0 Å². The van der Waals surface area contributed by atoms with Gasteiger partial charge in [-0.3, -0.25) is 19.7 Å². The number of nitrogens with zero attached hydrogens (tertiary/aromatic N) is 1. The van der Waals surface area contributed by atoms with Gasteiger partial charge in [0.15, 0.2) is 0 Å². The number of carboxylic acids is 1. The molecule has 0 aliphatic carbocycles. The lowest BCUT2D eigenvalue weighted by molar-refractivity contribution is -0.384. The van der Waals surface area contributed by atoms with Gasteiger partial charge in [0, 0.05) is 35.6 Å². The van der Waals surface area contributed by atoms with Crippen LogP contribution in [-0.4, -0.2) is 40.4 Å². The van der Waals surface area contributed by atoms with Crippen LogP contribution in [-0.2, 0) is 14.3 Å². The van der Waals surface area contributed by atoms with Crippen LogP contribution in [0.25, 0.3) is 0 Å². The molecule has 136 valence electrons. The van der Waals surface area contributed by atoms with E-state index in [2.05, 4.69) is 10.1 Å². The minimum Gasteiger partial charge on any atom is -0.481 e. The minimum absolute atomic E-state index is 0.0239. The number of nitro benzene ring substituents is 1. The Balaban J connectivity index is 2.75. The number of hydrogen-bond acceptors (Lipinski definition) is 7. The van der Waals surface area contributed by atoms with Crippen molar-refractivity contribution in [3.05, 3.63) is 28.3 Å². The van der Waals surface area contributed by atoms with Crippen molar-refractivity contribution >= 4 is 41.1 Å². The van der Waals surface area contributed by atoms with Crippen LogP contribution >= 0.6 is 11.8 Å². The monoisotopic (exact) mass is 371 g/mol. The molecule has 4 N–H and O–H groups in total. The molecule has 10 nitrogen and oxygen atoms in total. The third-order valence-corrected chi connectivity index (χ3v) is 3.87. The minimum atomic E-state index is -1.01. The van der Waals surface area contributed by atoms with E-state index in [1.54, 1.807) is 0 Å². The van der Waals surface area contributed by atoms with Crippen molar-refractivity contribution in [2.75, 3.05) is 17.7 Å². The number of nitrogens with one attached hydrogen (secondary N) is 1. The number of benzene rings is 1. The van der Waals surface area contributed by atoms with Gasteiger partial charge in [-0.05, 0) is 12.5 Å². The fourth-order valence-corrected chi connectivity index (χ4v) is 2.58. The van der Waals surface area contributed by atoms with E-state index in [1.807, 2.05) is 0 Å². The van der Waals surface area contributed by atoms with Gasteiger partial charge in [-0.2, -0.15) is 0 Å². The molecule has 2 amide bonds. The van der Waals surface area contributed by atoms with E-state index in [1.165, 1.54) is 30.0 Å². The van der Waals surface area contributed by atoms with Crippen molar-refractivity contribution in [2.45, 2.75) is 24.2 Å². The van der Waals surface area contributed by atoms with E-state index in [0.29, 0.717) is 10.6 Å². The van der Waals surface area contributed by atoms with Crippen LogP contribution in [0.15, 0.2) is 23.1 Å². The zero-order chi connectivity index (χ0) is 18.8. The number of primary amides is 1. The molecular formula is C14H17N3O7S. The van der Waals surface area contributed by atoms with Crippen LogP contribution in [0.2, 0.25) is 0 Å². The molecule has 0 fully saturated rings. The number of ether oxygens (including phenoxy) is 1. The molecule has 11 heteroatoms. The van der Waals surface area contributed by atoms with Crippen LogP contribution < -0.4 is 11.1 Å². The summed E-state index contributed by atoms with van der Waals surface area (Å²) in [4.78, 5) is 43.7. The Bertz CT molecular complexity index is 666. The molecule has 0 bridgehead atoms. The Labute approximate surface area is 146 Å². The Hall–Kier alpha value is -2.82. The maximum atomic E-state index is 11.9. The predicted molar refractivity (Wildman–Crippen MR) is 89.5 cm³/mol. The zero-order valence-corrected chi connectivity index (χ0v) is 13.9. The van der Waals surface area contributed by atoms with Crippen molar-refractivity contribution < 1.29 is 29.2 Å². The average Bonchev–Trinajstić information content (AvgIpc) is 2.51. The van der Waals surface area contributed by atoms with Crippen molar-refractivity contribution in [3.8, 4) is 0 Å². The van der Waals surface area contributed by atoms with Crippen LogP contribution in [0.5, 0.6) is 0 Å². The van der Waals surface area contributed by atoms with Gasteiger partial charge in [0.25, 0.3) is 5.69 Å². The SMILES string of the molecule is NC(=O)OCCSc1ccc([N+](=O)[O-])cc1NC(=O)CCCC(=O)O. The van der Waals surface area contributed by atoms with Crippen LogP contribution in [0.4, 0.5) is 16.2 Å². The summed E-state index contributed by atoms with van der Waals surface area (Å²) in [7, 11) is 0. The third-order valence-electron chi connectivity index (χ3n) is 2.83. The molecule has 0 radical (unpaired) electrons. The second-order valence-electron chi connectivity index (χ2n) is 4.75. The highest BCUT2D eigenvalue weighted by Gasteiger charge is 2.14. The van der Waals surface area contributed by atoms with E-state index in [4.69, 9.17) is 10.8 Å². The quantitative estimate of drug-likeness (QED) is 0.243. The molecule has 1 rings (SSSR count). The van der Waals surface area contributed by atoms with Gasteiger partial charge in [-0.15, -0.1) is 11.8 Å². The largest absolute Gasteiger partial charge is 0.481 e. The number of nitro groups is 1. The first-order valence-electron chi connectivity index (χ1n) is 7.14. The molecule has 0 aliphatic rings. The Kier molecular flexibility index (Phi) is 8.19. The number of thioether (sulfide) groups is 1. The van der Waals surface area contributed by atoms with Crippen molar-refractivity contribution in [2.24, 2.45) is 5.73 Å².